The highest BCUT2D eigenvalue weighted by Crippen LogP contribution is 2.28. The van der Waals surface area contributed by atoms with Crippen LogP contribution in [0.4, 0.5) is 5.82 Å². The number of rotatable bonds is 11. The summed E-state index contributed by atoms with van der Waals surface area (Å²) in [5.74, 6) is 3.03. The number of nitrogens with one attached hydrogen (secondary N) is 1. The van der Waals surface area contributed by atoms with Crippen LogP contribution in [0, 0.1) is 6.92 Å². The Kier molecular flexibility index (Phi) is 9.16. The second kappa shape index (κ2) is 12.3. The Morgan fingerprint density at radius 3 is 2.38 bits per heavy atom. The van der Waals surface area contributed by atoms with Gasteiger partial charge in [0.1, 0.15) is 5.82 Å². The van der Waals surface area contributed by atoms with Crippen molar-refractivity contribution in [2.45, 2.75) is 31.2 Å². The number of carbonyl (C=O) groups excluding carboxylic acids is 1. The molecule has 0 saturated heterocycles. The first kappa shape index (κ1) is 25.4. The Bertz CT molecular complexity index is 1110. The fraction of sp³-hybridized carbons (Fsp3) is 0.346. The van der Waals surface area contributed by atoms with Crippen molar-refractivity contribution < 1.29 is 14.3 Å². The van der Waals surface area contributed by atoms with Gasteiger partial charge in [0.05, 0.1) is 14.2 Å². The van der Waals surface area contributed by atoms with E-state index in [0.717, 1.165) is 52.4 Å². The number of likely N-dealkylation sites (N-methyl/N-ethyl adjacent to an activating group) is 1. The fourth-order valence-electron chi connectivity index (χ4n) is 3.40. The molecule has 0 aliphatic carbocycles. The lowest BCUT2D eigenvalue weighted by atomic mass is 10.1. The van der Waals surface area contributed by atoms with Crippen LogP contribution >= 0.6 is 11.8 Å². The molecule has 0 bridgehead atoms. The molecule has 0 radical (unpaired) electrons. The minimum atomic E-state index is -0.0514. The highest BCUT2D eigenvalue weighted by atomic mass is 32.2. The number of ether oxygens (including phenoxy) is 2. The zero-order chi connectivity index (χ0) is 24.5. The van der Waals surface area contributed by atoms with Crippen LogP contribution < -0.4 is 19.7 Å². The molecule has 0 unspecified atom stereocenters. The Hall–Kier alpha value is -3.26. The fourth-order valence-corrected chi connectivity index (χ4v) is 4.25. The molecule has 7 nitrogen and oxygen atoms in total. The normalized spacial score (nSPS) is 10.6. The molecular formula is C26H32N4O3S. The summed E-state index contributed by atoms with van der Waals surface area (Å²) in [6.45, 7) is 5.31. The number of aromatic nitrogens is 2. The summed E-state index contributed by atoms with van der Waals surface area (Å²) in [4.78, 5) is 23.4. The van der Waals surface area contributed by atoms with Gasteiger partial charge in [-0.2, -0.15) is 0 Å². The van der Waals surface area contributed by atoms with Crippen molar-refractivity contribution in [1.82, 2.24) is 15.3 Å². The SMILES string of the molecule is CCNC(=O)c1ccc(CSc2nc(C)cc(N(C)CCc3ccc(OC)c(OC)c3)n2)cc1. The summed E-state index contributed by atoms with van der Waals surface area (Å²) in [6, 6.07) is 15.7. The summed E-state index contributed by atoms with van der Waals surface area (Å²) < 4.78 is 10.7. The third kappa shape index (κ3) is 6.87. The number of anilines is 1. The zero-order valence-corrected chi connectivity index (χ0v) is 21.2. The number of amides is 1. The minimum absolute atomic E-state index is 0.0514. The molecule has 0 spiro atoms. The molecule has 2 aromatic carbocycles. The first-order valence-corrected chi connectivity index (χ1v) is 12.2. The lowest BCUT2D eigenvalue weighted by Gasteiger charge is -2.19. The molecule has 1 aromatic heterocycles. The zero-order valence-electron chi connectivity index (χ0n) is 20.4. The van der Waals surface area contributed by atoms with Gasteiger partial charge in [-0.15, -0.1) is 0 Å². The van der Waals surface area contributed by atoms with Gasteiger partial charge in [-0.25, -0.2) is 9.97 Å². The molecule has 0 fully saturated rings. The summed E-state index contributed by atoms with van der Waals surface area (Å²) in [5, 5.41) is 3.55. The van der Waals surface area contributed by atoms with Crippen LogP contribution in [0.1, 0.15) is 34.1 Å². The Morgan fingerprint density at radius 1 is 1.00 bits per heavy atom. The molecule has 8 heteroatoms. The number of benzene rings is 2. The van der Waals surface area contributed by atoms with E-state index in [4.69, 9.17) is 14.5 Å². The highest BCUT2D eigenvalue weighted by molar-refractivity contribution is 7.98. The molecule has 34 heavy (non-hydrogen) atoms. The van der Waals surface area contributed by atoms with Crippen molar-refractivity contribution in [2.24, 2.45) is 0 Å². The second-order valence-corrected chi connectivity index (χ2v) is 8.80. The van der Waals surface area contributed by atoms with Crippen LogP contribution in [-0.2, 0) is 12.2 Å². The van der Waals surface area contributed by atoms with Crippen molar-refractivity contribution in [1.29, 1.82) is 0 Å². The molecule has 180 valence electrons. The molecule has 0 atom stereocenters. The summed E-state index contributed by atoms with van der Waals surface area (Å²) in [6.07, 6.45) is 0.848. The molecule has 0 aliphatic heterocycles. The van der Waals surface area contributed by atoms with Crippen LogP contribution in [0.15, 0.2) is 53.7 Å². The van der Waals surface area contributed by atoms with E-state index < -0.39 is 0 Å². The number of hydrogen-bond acceptors (Lipinski definition) is 7. The number of aryl methyl sites for hydroxylation is 1. The number of hydrogen-bond donors (Lipinski definition) is 1. The third-order valence-electron chi connectivity index (χ3n) is 5.32. The van der Waals surface area contributed by atoms with Crippen LogP contribution in [0.5, 0.6) is 11.5 Å². The number of carbonyl (C=O) groups is 1. The predicted octanol–water partition coefficient (Wildman–Crippen LogP) is 4.52. The summed E-state index contributed by atoms with van der Waals surface area (Å²) in [7, 11) is 5.32. The average Bonchev–Trinajstić information content (AvgIpc) is 2.85. The molecule has 1 amide bonds. The Balaban J connectivity index is 1.61. The monoisotopic (exact) mass is 480 g/mol. The highest BCUT2D eigenvalue weighted by Gasteiger charge is 2.10. The van der Waals surface area contributed by atoms with Gasteiger partial charge < -0.3 is 19.7 Å². The minimum Gasteiger partial charge on any atom is -0.493 e. The van der Waals surface area contributed by atoms with E-state index in [1.807, 2.05) is 63.4 Å². The molecule has 1 heterocycles. The second-order valence-electron chi connectivity index (χ2n) is 7.86. The first-order chi connectivity index (χ1) is 16.4. The topological polar surface area (TPSA) is 76.6 Å². The first-order valence-electron chi connectivity index (χ1n) is 11.2. The maximum absolute atomic E-state index is 11.9. The predicted molar refractivity (Wildman–Crippen MR) is 137 cm³/mol. The van der Waals surface area contributed by atoms with Gasteiger partial charge in [0, 0.05) is 43.2 Å². The Labute approximate surface area is 205 Å². The van der Waals surface area contributed by atoms with E-state index in [1.165, 1.54) is 5.56 Å². The maximum Gasteiger partial charge on any atom is 0.251 e. The lowest BCUT2D eigenvalue weighted by Crippen LogP contribution is -2.22. The molecule has 3 aromatic rings. The third-order valence-corrected chi connectivity index (χ3v) is 6.23. The van der Waals surface area contributed by atoms with Crippen LogP contribution in [-0.4, -0.2) is 50.2 Å². The van der Waals surface area contributed by atoms with Crippen LogP contribution in [0.2, 0.25) is 0 Å². The smallest absolute Gasteiger partial charge is 0.251 e. The van der Waals surface area contributed by atoms with E-state index in [0.29, 0.717) is 12.1 Å². The molecular weight excluding hydrogens is 448 g/mol. The average molecular weight is 481 g/mol. The van der Waals surface area contributed by atoms with E-state index in [-0.39, 0.29) is 5.91 Å². The van der Waals surface area contributed by atoms with E-state index >= 15 is 0 Å². The van der Waals surface area contributed by atoms with Gasteiger partial charge in [-0.3, -0.25) is 4.79 Å². The van der Waals surface area contributed by atoms with Crippen molar-refractivity contribution in [3.8, 4) is 11.5 Å². The van der Waals surface area contributed by atoms with Gasteiger partial charge >= 0.3 is 0 Å². The van der Waals surface area contributed by atoms with Crippen LogP contribution in [0.25, 0.3) is 0 Å². The largest absolute Gasteiger partial charge is 0.493 e. The number of thioether (sulfide) groups is 1. The number of methoxy groups -OCH3 is 2. The maximum atomic E-state index is 11.9. The van der Waals surface area contributed by atoms with Gasteiger partial charge in [0.15, 0.2) is 16.7 Å². The van der Waals surface area contributed by atoms with Gasteiger partial charge in [0.2, 0.25) is 0 Å². The summed E-state index contributed by atoms with van der Waals surface area (Å²) >= 11 is 1.59. The summed E-state index contributed by atoms with van der Waals surface area (Å²) in [5.41, 5.74) is 3.88. The molecule has 1 N–H and O–H groups in total. The van der Waals surface area contributed by atoms with Crippen molar-refractivity contribution in [2.75, 3.05) is 39.3 Å². The molecule has 0 aliphatic rings. The molecule has 3 rings (SSSR count). The number of nitrogens with zero attached hydrogens (tertiary/aromatic N) is 3. The quantitative estimate of drug-likeness (QED) is 0.319. The van der Waals surface area contributed by atoms with E-state index in [1.54, 1.807) is 26.0 Å². The van der Waals surface area contributed by atoms with Crippen LogP contribution in [0.3, 0.4) is 0 Å². The Morgan fingerprint density at radius 2 is 1.71 bits per heavy atom. The van der Waals surface area contributed by atoms with Gasteiger partial charge in [-0.1, -0.05) is 30.0 Å². The van der Waals surface area contributed by atoms with Crippen molar-refractivity contribution in [3.63, 3.8) is 0 Å². The standard InChI is InChI=1S/C26H32N4O3S/c1-6-27-25(31)21-10-7-20(8-11-21)17-34-26-28-18(2)15-24(29-26)30(3)14-13-19-9-12-22(32-4)23(16-19)33-5/h7-12,15-16H,6,13-14,17H2,1-5H3,(H,27,31). The lowest BCUT2D eigenvalue weighted by molar-refractivity contribution is 0.0956. The van der Waals surface area contributed by atoms with Gasteiger partial charge in [0.25, 0.3) is 5.91 Å². The van der Waals surface area contributed by atoms with E-state index in [9.17, 15) is 4.79 Å². The van der Waals surface area contributed by atoms with E-state index in [2.05, 4.69) is 21.3 Å². The van der Waals surface area contributed by atoms with Crippen molar-refractivity contribution in [3.05, 3.63) is 70.9 Å². The molecule has 0 saturated carbocycles. The van der Waals surface area contributed by atoms with Gasteiger partial charge in [-0.05, 0) is 55.7 Å². The van der Waals surface area contributed by atoms with Crippen molar-refractivity contribution >= 4 is 23.5 Å².